The Bertz CT molecular complexity index is 311. The molecule has 12 heavy (non-hydrogen) atoms. The number of halogens is 1. The van der Waals surface area contributed by atoms with Crippen molar-refractivity contribution in [2.45, 2.75) is 6.04 Å². The second-order valence-corrected chi connectivity index (χ2v) is 2.85. The molecule has 0 saturated carbocycles. The summed E-state index contributed by atoms with van der Waals surface area (Å²) < 4.78 is 0.150. The lowest BCUT2D eigenvalue weighted by atomic mass is 10.2. The molecule has 0 radical (unpaired) electrons. The van der Waals surface area contributed by atoms with E-state index in [1.807, 2.05) is 0 Å². The summed E-state index contributed by atoms with van der Waals surface area (Å²) in [6.07, 6.45) is 1.18. The number of nitrogens with two attached hydrogens (primary N) is 1. The Morgan fingerprint density at radius 3 is 2.75 bits per heavy atom. The maximum absolute atomic E-state index is 10.4. The van der Waals surface area contributed by atoms with E-state index in [0.29, 0.717) is 4.85 Å². The normalized spacial score (nSPS) is 12.8. The molecule has 1 heterocycles. The molecule has 0 amide bonds. The van der Waals surface area contributed by atoms with Gasteiger partial charge in [-0.3, -0.25) is 4.79 Å². The van der Waals surface area contributed by atoms with Crippen molar-refractivity contribution in [3.05, 3.63) is 16.4 Å². The molecule has 1 unspecified atom stereocenters. The molecule has 0 fully saturated rings. The van der Waals surface area contributed by atoms with Gasteiger partial charge in [0.2, 0.25) is 0 Å². The minimum absolute atomic E-state index is 0.150. The van der Waals surface area contributed by atoms with E-state index in [0.717, 1.165) is 0 Å². The number of hydrogen-bond donors (Lipinski definition) is 3. The van der Waals surface area contributed by atoms with Crippen LogP contribution in [0.2, 0.25) is 0 Å². The van der Waals surface area contributed by atoms with Crippen LogP contribution in [0.5, 0.6) is 0 Å². The Kier molecular flexibility index (Phi) is 2.34. The zero-order valence-corrected chi connectivity index (χ0v) is 7.39. The van der Waals surface area contributed by atoms with Crippen LogP contribution in [0.3, 0.4) is 0 Å². The highest BCUT2D eigenvalue weighted by Crippen LogP contribution is 2.20. The number of hydrogen-bond acceptors (Lipinski definition) is 4. The minimum atomic E-state index is -1.18. The standard InChI is InChI=1S/C5H6BrN3O3/c6-4-2(1-8-9(4)12)3(7)5(10)11/h1,3,12H,7H2,(H,10,11). The fourth-order valence-corrected chi connectivity index (χ4v) is 1.12. The summed E-state index contributed by atoms with van der Waals surface area (Å²) in [7, 11) is 0. The number of rotatable bonds is 2. The van der Waals surface area contributed by atoms with Gasteiger partial charge in [-0.05, 0) is 15.9 Å². The van der Waals surface area contributed by atoms with Crippen LogP contribution in [0.15, 0.2) is 10.8 Å². The molecule has 0 aromatic carbocycles. The molecular formula is C5H6BrN3O3. The molecule has 1 atom stereocenters. The molecule has 1 aromatic rings. The van der Waals surface area contributed by atoms with Crippen molar-refractivity contribution < 1.29 is 15.1 Å². The van der Waals surface area contributed by atoms with Crippen LogP contribution in [0.4, 0.5) is 0 Å². The fraction of sp³-hybridized carbons (Fsp3) is 0.200. The summed E-state index contributed by atoms with van der Waals surface area (Å²) >= 11 is 2.93. The highest BCUT2D eigenvalue weighted by Gasteiger charge is 2.20. The molecule has 0 aliphatic heterocycles. The topological polar surface area (TPSA) is 101 Å². The van der Waals surface area contributed by atoms with Crippen LogP contribution in [-0.2, 0) is 4.79 Å². The molecule has 0 saturated heterocycles. The first-order valence-electron chi connectivity index (χ1n) is 2.95. The first-order valence-corrected chi connectivity index (χ1v) is 3.74. The SMILES string of the molecule is NC(C(=O)O)c1cnn(O)c1Br. The molecule has 66 valence electrons. The molecule has 1 aromatic heterocycles. The van der Waals surface area contributed by atoms with Crippen molar-refractivity contribution in [2.75, 3.05) is 0 Å². The zero-order chi connectivity index (χ0) is 9.30. The van der Waals surface area contributed by atoms with Crippen LogP contribution in [0.1, 0.15) is 11.6 Å². The molecule has 6 nitrogen and oxygen atoms in total. The van der Waals surface area contributed by atoms with Gasteiger partial charge in [-0.25, -0.2) is 0 Å². The second kappa shape index (κ2) is 3.11. The van der Waals surface area contributed by atoms with Gasteiger partial charge in [0.1, 0.15) is 6.04 Å². The van der Waals surface area contributed by atoms with E-state index in [9.17, 15) is 4.79 Å². The van der Waals surface area contributed by atoms with Crippen molar-refractivity contribution in [1.29, 1.82) is 0 Å². The van der Waals surface area contributed by atoms with Gasteiger partial charge in [0, 0.05) is 5.56 Å². The Balaban J connectivity index is 3.03. The van der Waals surface area contributed by atoms with E-state index in [2.05, 4.69) is 21.0 Å². The van der Waals surface area contributed by atoms with Crippen LogP contribution in [0, 0.1) is 0 Å². The summed E-state index contributed by atoms with van der Waals surface area (Å²) in [4.78, 5) is 10.9. The fourth-order valence-electron chi connectivity index (χ4n) is 0.678. The first-order chi connectivity index (χ1) is 5.54. The van der Waals surface area contributed by atoms with E-state index in [4.69, 9.17) is 16.0 Å². The lowest BCUT2D eigenvalue weighted by Crippen LogP contribution is -2.20. The van der Waals surface area contributed by atoms with E-state index in [1.54, 1.807) is 0 Å². The maximum atomic E-state index is 10.4. The largest absolute Gasteiger partial charge is 0.480 e. The minimum Gasteiger partial charge on any atom is -0.480 e. The van der Waals surface area contributed by atoms with Gasteiger partial charge in [-0.1, -0.05) is 4.85 Å². The third kappa shape index (κ3) is 1.41. The van der Waals surface area contributed by atoms with E-state index < -0.39 is 12.0 Å². The van der Waals surface area contributed by atoms with Crippen molar-refractivity contribution in [2.24, 2.45) is 5.73 Å². The van der Waals surface area contributed by atoms with Crippen LogP contribution >= 0.6 is 15.9 Å². The Hall–Kier alpha value is -1.08. The molecule has 4 N–H and O–H groups in total. The molecule has 1 rings (SSSR count). The average molecular weight is 236 g/mol. The molecule has 0 bridgehead atoms. The van der Waals surface area contributed by atoms with E-state index in [-0.39, 0.29) is 10.2 Å². The van der Waals surface area contributed by atoms with Crippen molar-refractivity contribution in [3.8, 4) is 0 Å². The Labute approximate surface area is 75.7 Å². The third-order valence-electron chi connectivity index (χ3n) is 1.32. The van der Waals surface area contributed by atoms with Gasteiger partial charge in [0.05, 0.1) is 6.20 Å². The monoisotopic (exact) mass is 235 g/mol. The quantitative estimate of drug-likeness (QED) is 0.625. The smallest absolute Gasteiger partial charge is 0.325 e. The van der Waals surface area contributed by atoms with Gasteiger partial charge in [-0.15, -0.1) is 5.10 Å². The van der Waals surface area contributed by atoms with Gasteiger partial charge in [0.25, 0.3) is 0 Å². The lowest BCUT2D eigenvalue weighted by molar-refractivity contribution is -0.138. The molecule has 0 spiro atoms. The zero-order valence-electron chi connectivity index (χ0n) is 5.81. The van der Waals surface area contributed by atoms with Crippen molar-refractivity contribution in [3.63, 3.8) is 0 Å². The third-order valence-corrected chi connectivity index (χ3v) is 2.10. The molecule has 0 aliphatic carbocycles. The average Bonchev–Trinajstić information content (AvgIpc) is 2.32. The predicted molar refractivity (Wildman–Crippen MR) is 41.7 cm³/mol. The number of aliphatic carboxylic acids is 1. The van der Waals surface area contributed by atoms with Gasteiger partial charge >= 0.3 is 5.97 Å². The summed E-state index contributed by atoms with van der Waals surface area (Å²) in [5, 5.41) is 20.8. The van der Waals surface area contributed by atoms with Crippen LogP contribution < -0.4 is 5.73 Å². The van der Waals surface area contributed by atoms with Gasteiger partial charge in [0.15, 0.2) is 4.60 Å². The number of carboxylic acids is 1. The van der Waals surface area contributed by atoms with Crippen molar-refractivity contribution >= 4 is 21.9 Å². The highest BCUT2D eigenvalue weighted by molar-refractivity contribution is 9.10. The molecule has 0 aliphatic rings. The maximum Gasteiger partial charge on any atom is 0.325 e. The van der Waals surface area contributed by atoms with E-state index in [1.165, 1.54) is 6.20 Å². The predicted octanol–water partition coefficient (Wildman–Crippen LogP) is -0.0327. The van der Waals surface area contributed by atoms with Gasteiger partial charge < -0.3 is 16.0 Å². The number of carbonyl (C=O) groups is 1. The highest BCUT2D eigenvalue weighted by atomic mass is 79.9. The number of nitrogens with zero attached hydrogens (tertiary/aromatic N) is 2. The second-order valence-electron chi connectivity index (χ2n) is 2.10. The van der Waals surface area contributed by atoms with Crippen LogP contribution in [-0.4, -0.2) is 26.2 Å². The van der Waals surface area contributed by atoms with E-state index >= 15 is 0 Å². The van der Waals surface area contributed by atoms with Gasteiger partial charge in [-0.2, -0.15) is 0 Å². The Morgan fingerprint density at radius 2 is 2.42 bits per heavy atom. The summed E-state index contributed by atoms with van der Waals surface area (Å²) in [6.45, 7) is 0. The van der Waals surface area contributed by atoms with Crippen molar-refractivity contribution in [1.82, 2.24) is 9.94 Å². The summed E-state index contributed by atoms with van der Waals surface area (Å²) in [5.74, 6) is -1.18. The summed E-state index contributed by atoms with van der Waals surface area (Å²) in [5.41, 5.74) is 5.48. The number of carboxylic acid groups (broad SMARTS) is 1. The Morgan fingerprint density at radius 1 is 1.83 bits per heavy atom. The molecule has 7 heteroatoms. The summed E-state index contributed by atoms with van der Waals surface area (Å²) in [6, 6.07) is -1.18. The lowest BCUT2D eigenvalue weighted by Gasteiger charge is -2.02. The van der Waals surface area contributed by atoms with Crippen LogP contribution in [0.25, 0.3) is 0 Å². The molecular weight excluding hydrogens is 230 g/mol. The first kappa shape index (κ1) is 9.01. The number of aromatic nitrogens is 2.